The lowest BCUT2D eigenvalue weighted by Crippen LogP contribution is -2.34. The number of nitrogens with two attached hydrogens (primary N) is 1. The van der Waals surface area contributed by atoms with Crippen LogP contribution < -0.4 is 5.73 Å². The third-order valence-corrected chi connectivity index (χ3v) is 5.39. The topological polar surface area (TPSA) is 35.2 Å². The summed E-state index contributed by atoms with van der Waals surface area (Å²) in [6, 6.07) is 4.23. The zero-order chi connectivity index (χ0) is 13.1. The molecule has 4 heteroatoms. The van der Waals surface area contributed by atoms with Crippen LogP contribution in [0.1, 0.15) is 50.5 Å². The number of halogens is 1. The molecule has 4 atom stereocenters. The molecule has 1 aliphatic carbocycles. The van der Waals surface area contributed by atoms with Crippen LogP contribution in [0.5, 0.6) is 0 Å². The Morgan fingerprint density at radius 1 is 1.39 bits per heavy atom. The van der Waals surface area contributed by atoms with E-state index in [9.17, 15) is 0 Å². The number of hydrogen-bond acceptors (Lipinski definition) is 3. The van der Waals surface area contributed by atoms with Crippen LogP contribution in [0.25, 0.3) is 0 Å². The molecule has 1 heterocycles. The van der Waals surface area contributed by atoms with E-state index in [4.69, 9.17) is 10.5 Å². The predicted molar refractivity (Wildman–Crippen MR) is 80.9 cm³/mol. The SMILES string of the molecule is CC(N)C(OC1CCCCC1C)c1ccc(Br)s1. The van der Waals surface area contributed by atoms with E-state index in [2.05, 4.69) is 35.0 Å². The first-order valence-electron chi connectivity index (χ1n) is 6.74. The maximum Gasteiger partial charge on any atom is 0.107 e. The molecule has 2 nitrogen and oxygen atoms in total. The fourth-order valence-corrected chi connectivity index (χ4v) is 4.18. The highest BCUT2D eigenvalue weighted by molar-refractivity contribution is 9.11. The van der Waals surface area contributed by atoms with Crippen molar-refractivity contribution in [1.29, 1.82) is 0 Å². The second kappa shape index (κ2) is 6.51. The van der Waals surface area contributed by atoms with Crippen molar-refractivity contribution in [2.24, 2.45) is 11.7 Å². The first-order chi connectivity index (χ1) is 8.58. The molecule has 18 heavy (non-hydrogen) atoms. The molecule has 1 aromatic heterocycles. The van der Waals surface area contributed by atoms with Gasteiger partial charge in [-0.2, -0.15) is 0 Å². The first-order valence-corrected chi connectivity index (χ1v) is 8.35. The molecule has 0 aromatic carbocycles. The van der Waals surface area contributed by atoms with Crippen molar-refractivity contribution in [2.75, 3.05) is 0 Å². The van der Waals surface area contributed by atoms with E-state index < -0.39 is 0 Å². The van der Waals surface area contributed by atoms with E-state index in [1.807, 2.05) is 6.92 Å². The molecule has 0 saturated heterocycles. The fraction of sp³-hybridized carbons (Fsp3) is 0.714. The van der Waals surface area contributed by atoms with E-state index in [0.29, 0.717) is 12.0 Å². The van der Waals surface area contributed by atoms with Crippen molar-refractivity contribution < 1.29 is 4.74 Å². The average Bonchev–Trinajstić information content (AvgIpc) is 2.74. The maximum atomic E-state index is 6.33. The van der Waals surface area contributed by atoms with Crippen LogP contribution in [0, 0.1) is 5.92 Å². The van der Waals surface area contributed by atoms with E-state index >= 15 is 0 Å². The van der Waals surface area contributed by atoms with Crippen LogP contribution >= 0.6 is 27.3 Å². The number of ether oxygens (including phenoxy) is 1. The zero-order valence-electron chi connectivity index (χ0n) is 11.1. The average molecular weight is 332 g/mol. The largest absolute Gasteiger partial charge is 0.368 e. The lowest BCUT2D eigenvalue weighted by molar-refractivity contribution is -0.0636. The Morgan fingerprint density at radius 2 is 2.11 bits per heavy atom. The van der Waals surface area contributed by atoms with E-state index in [1.54, 1.807) is 11.3 Å². The molecule has 0 spiro atoms. The molecule has 2 N–H and O–H groups in total. The molecule has 2 rings (SSSR count). The van der Waals surface area contributed by atoms with Gasteiger partial charge < -0.3 is 10.5 Å². The quantitative estimate of drug-likeness (QED) is 0.881. The fourth-order valence-electron chi connectivity index (χ4n) is 2.60. The third kappa shape index (κ3) is 3.56. The third-order valence-electron chi connectivity index (χ3n) is 3.71. The van der Waals surface area contributed by atoms with Crippen LogP contribution in [-0.2, 0) is 4.74 Å². The monoisotopic (exact) mass is 331 g/mol. The molecule has 102 valence electrons. The van der Waals surface area contributed by atoms with Gasteiger partial charge in [0.25, 0.3) is 0 Å². The molecular weight excluding hydrogens is 310 g/mol. The minimum absolute atomic E-state index is 0.0321. The van der Waals surface area contributed by atoms with Gasteiger partial charge in [0, 0.05) is 10.9 Å². The summed E-state index contributed by atoms with van der Waals surface area (Å²) >= 11 is 5.23. The maximum absolute atomic E-state index is 6.33. The van der Waals surface area contributed by atoms with Gasteiger partial charge in [0.1, 0.15) is 6.10 Å². The number of hydrogen-bond donors (Lipinski definition) is 1. The van der Waals surface area contributed by atoms with Crippen LogP contribution in [0.2, 0.25) is 0 Å². The highest BCUT2D eigenvalue weighted by Gasteiger charge is 2.28. The summed E-state index contributed by atoms with van der Waals surface area (Å²) in [6.07, 6.45) is 5.49. The molecule has 1 fully saturated rings. The second-order valence-electron chi connectivity index (χ2n) is 5.36. The standard InChI is InChI=1S/C14H22BrNOS/c1-9-5-3-4-6-11(9)17-14(10(2)16)12-7-8-13(15)18-12/h7-11,14H,3-6,16H2,1-2H3. The molecule has 0 amide bonds. The predicted octanol–water partition coefficient (Wildman–Crippen LogP) is 4.49. The van der Waals surface area contributed by atoms with Crippen LogP contribution in [0.3, 0.4) is 0 Å². The van der Waals surface area contributed by atoms with Crippen LogP contribution in [0.4, 0.5) is 0 Å². The Balaban J connectivity index is 2.06. The lowest BCUT2D eigenvalue weighted by atomic mass is 9.87. The van der Waals surface area contributed by atoms with E-state index in [0.717, 1.165) is 3.79 Å². The van der Waals surface area contributed by atoms with Crippen molar-refractivity contribution in [3.05, 3.63) is 20.8 Å². The smallest absolute Gasteiger partial charge is 0.107 e. The van der Waals surface area contributed by atoms with Gasteiger partial charge in [-0.25, -0.2) is 0 Å². The summed E-state index contributed by atoms with van der Waals surface area (Å²) in [6.45, 7) is 4.33. The van der Waals surface area contributed by atoms with Crippen molar-refractivity contribution >= 4 is 27.3 Å². The molecule has 4 unspecified atom stereocenters. The first kappa shape index (κ1) is 14.5. The molecule has 1 saturated carbocycles. The Kier molecular flexibility index (Phi) is 5.24. The molecule has 0 bridgehead atoms. The second-order valence-corrected chi connectivity index (χ2v) is 7.85. The Morgan fingerprint density at radius 3 is 2.67 bits per heavy atom. The number of rotatable bonds is 4. The summed E-state index contributed by atoms with van der Waals surface area (Å²) < 4.78 is 7.47. The molecule has 1 aromatic rings. The molecular formula is C14H22BrNOS. The van der Waals surface area contributed by atoms with Gasteiger partial charge in [-0.05, 0) is 53.7 Å². The zero-order valence-corrected chi connectivity index (χ0v) is 13.5. The van der Waals surface area contributed by atoms with Crippen LogP contribution in [0.15, 0.2) is 15.9 Å². The highest BCUT2D eigenvalue weighted by atomic mass is 79.9. The lowest BCUT2D eigenvalue weighted by Gasteiger charge is -2.33. The Hall–Kier alpha value is 0.1000. The highest BCUT2D eigenvalue weighted by Crippen LogP contribution is 2.35. The van der Waals surface area contributed by atoms with Gasteiger partial charge in [0.2, 0.25) is 0 Å². The molecule has 1 aliphatic rings. The normalized spacial score (nSPS) is 28.0. The summed E-state index contributed by atoms with van der Waals surface area (Å²) in [7, 11) is 0. The minimum atomic E-state index is 0.0321. The summed E-state index contributed by atoms with van der Waals surface area (Å²) in [5.74, 6) is 0.656. The minimum Gasteiger partial charge on any atom is -0.368 e. The van der Waals surface area contributed by atoms with Gasteiger partial charge in [0.15, 0.2) is 0 Å². The van der Waals surface area contributed by atoms with Crippen LogP contribution in [-0.4, -0.2) is 12.1 Å². The van der Waals surface area contributed by atoms with E-state index in [-0.39, 0.29) is 12.1 Å². The Bertz CT molecular complexity index is 380. The summed E-state index contributed by atoms with van der Waals surface area (Å²) in [5, 5.41) is 0. The summed E-state index contributed by atoms with van der Waals surface area (Å²) in [4.78, 5) is 1.23. The van der Waals surface area contributed by atoms with Gasteiger partial charge in [0.05, 0.1) is 9.89 Å². The van der Waals surface area contributed by atoms with Crippen molar-refractivity contribution in [1.82, 2.24) is 0 Å². The van der Waals surface area contributed by atoms with Crippen molar-refractivity contribution in [3.63, 3.8) is 0 Å². The molecule has 0 radical (unpaired) electrons. The number of thiophene rings is 1. The Labute approximate surface area is 122 Å². The summed E-state index contributed by atoms with van der Waals surface area (Å²) in [5.41, 5.74) is 6.11. The van der Waals surface area contributed by atoms with Gasteiger partial charge in [-0.15, -0.1) is 11.3 Å². The van der Waals surface area contributed by atoms with E-state index in [1.165, 1.54) is 30.6 Å². The molecule has 0 aliphatic heterocycles. The van der Waals surface area contributed by atoms with Crippen molar-refractivity contribution in [3.8, 4) is 0 Å². The van der Waals surface area contributed by atoms with Gasteiger partial charge in [-0.1, -0.05) is 19.8 Å². The van der Waals surface area contributed by atoms with Gasteiger partial charge in [-0.3, -0.25) is 0 Å². The van der Waals surface area contributed by atoms with Gasteiger partial charge >= 0.3 is 0 Å². The van der Waals surface area contributed by atoms with Crippen molar-refractivity contribution in [2.45, 2.75) is 57.8 Å².